The lowest BCUT2D eigenvalue weighted by atomic mass is 10.3. The van der Waals surface area contributed by atoms with Crippen LogP contribution in [0.3, 0.4) is 0 Å². The monoisotopic (exact) mass is 277 g/mol. The molecule has 4 heteroatoms. The lowest BCUT2D eigenvalue weighted by Gasteiger charge is -2.16. The van der Waals surface area contributed by atoms with Crippen LogP contribution in [0.2, 0.25) is 0 Å². The summed E-state index contributed by atoms with van der Waals surface area (Å²) in [6.07, 6.45) is 0.635. The SMILES string of the molecule is CC(O)CCN(C)Cc1cc(Br)cs1. The molecule has 0 radical (unpaired) electrons. The first-order valence-corrected chi connectivity index (χ1v) is 6.34. The number of aliphatic hydroxyl groups is 1. The van der Waals surface area contributed by atoms with Crippen LogP contribution in [0, 0.1) is 0 Å². The van der Waals surface area contributed by atoms with Crippen molar-refractivity contribution in [2.45, 2.75) is 26.0 Å². The molecule has 0 saturated carbocycles. The normalized spacial score (nSPS) is 13.5. The average Bonchev–Trinajstić information content (AvgIpc) is 2.48. The van der Waals surface area contributed by atoms with Gasteiger partial charge in [-0.05, 0) is 42.4 Å². The number of halogens is 1. The van der Waals surface area contributed by atoms with Gasteiger partial charge < -0.3 is 10.0 Å². The highest BCUT2D eigenvalue weighted by atomic mass is 79.9. The van der Waals surface area contributed by atoms with Crippen molar-refractivity contribution in [3.63, 3.8) is 0 Å². The van der Waals surface area contributed by atoms with Gasteiger partial charge in [0.1, 0.15) is 0 Å². The quantitative estimate of drug-likeness (QED) is 0.895. The molecule has 0 fully saturated rings. The van der Waals surface area contributed by atoms with E-state index in [9.17, 15) is 0 Å². The van der Waals surface area contributed by atoms with E-state index in [1.165, 1.54) is 4.88 Å². The summed E-state index contributed by atoms with van der Waals surface area (Å²) in [7, 11) is 2.08. The van der Waals surface area contributed by atoms with Gasteiger partial charge in [0.25, 0.3) is 0 Å². The molecule has 0 saturated heterocycles. The van der Waals surface area contributed by atoms with E-state index in [1.54, 1.807) is 11.3 Å². The predicted octanol–water partition coefficient (Wildman–Crippen LogP) is 2.71. The van der Waals surface area contributed by atoms with Crippen LogP contribution in [0.1, 0.15) is 18.2 Å². The highest BCUT2D eigenvalue weighted by Crippen LogP contribution is 2.20. The minimum atomic E-state index is -0.201. The Bertz CT molecular complexity index is 275. The maximum Gasteiger partial charge on any atom is 0.0524 e. The Hall–Kier alpha value is 0.1000. The smallest absolute Gasteiger partial charge is 0.0524 e. The second kappa shape index (κ2) is 5.85. The lowest BCUT2D eigenvalue weighted by Crippen LogP contribution is -2.21. The Morgan fingerprint density at radius 1 is 1.64 bits per heavy atom. The largest absolute Gasteiger partial charge is 0.393 e. The van der Waals surface area contributed by atoms with Crippen molar-refractivity contribution in [2.24, 2.45) is 0 Å². The second-order valence-corrected chi connectivity index (χ2v) is 5.52. The molecule has 1 unspecified atom stereocenters. The van der Waals surface area contributed by atoms with E-state index in [0.717, 1.165) is 24.0 Å². The summed E-state index contributed by atoms with van der Waals surface area (Å²) in [6.45, 7) is 3.73. The first kappa shape index (κ1) is 12.2. The van der Waals surface area contributed by atoms with E-state index in [0.29, 0.717) is 0 Å². The Balaban J connectivity index is 2.30. The highest BCUT2D eigenvalue weighted by molar-refractivity contribution is 9.10. The first-order valence-electron chi connectivity index (χ1n) is 4.67. The molecule has 0 bridgehead atoms. The molecule has 0 spiro atoms. The van der Waals surface area contributed by atoms with Crippen molar-refractivity contribution >= 4 is 27.3 Å². The molecule has 1 rings (SSSR count). The maximum absolute atomic E-state index is 9.14. The third-order valence-corrected chi connectivity index (χ3v) is 3.66. The van der Waals surface area contributed by atoms with Gasteiger partial charge in [-0.2, -0.15) is 0 Å². The van der Waals surface area contributed by atoms with Gasteiger partial charge in [0.15, 0.2) is 0 Å². The zero-order chi connectivity index (χ0) is 10.6. The van der Waals surface area contributed by atoms with Gasteiger partial charge in [0, 0.05) is 27.8 Å². The van der Waals surface area contributed by atoms with Gasteiger partial charge in [-0.1, -0.05) is 0 Å². The van der Waals surface area contributed by atoms with Crippen molar-refractivity contribution in [3.8, 4) is 0 Å². The van der Waals surface area contributed by atoms with Crippen molar-refractivity contribution in [2.75, 3.05) is 13.6 Å². The molecular formula is C10H16BrNOS. The summed E-state index contributed by atoms with van der Waals surface area (Å²) in [4.78, 5) is 3.58. The zero-order valence-corrected chi connectivity index (χ0v) is 10.9. The Morgan fingerprint density at radius 3 is 2.86 bits per heavy atom. The molecule has 1 atom stereocenters. The number of nitrogens with zero attached hydrogens (tertiary/aromatic N) is 1. The van der Waals surface area contributed by atoms with Crippen LogP contribution in [0.15, 0.2) is 15.9 Å². The van der Waals surface area contributed by atoms with Crippen LogP contribution in [-0.2, 0) is 6.54 Å². The summed E-state index contributed by atoms with van der Waals surface area (Å²) in [5, 5.41) is 11.2. The molecule has 80 valence electrons. The van der Waals surface area contributed by atoms with E-state index in [1.807, 2.05) is 6.92 Å². The fourth-order valence-electron chi connectivity index (χ4n) is 1.19. The van der Waals surface area contributed by atoms with Crippen molar-refractivity contribution < 1.29 is 5.11 Å². The van der Waals surface area contributed by atoms with Crippen LogP contribution < -0.4 is 0 Å². The summed E-state index contributed by atoms with van der Waals surface area (Å²) in [5.41, 5.74) is 0. The molecule has 1 heterocycles. The van der Waals surface area contributed by atoms with Gasteiger partial charge in [0.2, 0.25) is 0 Å². The minimum Gasteiger partial charge on any atom is -0.393 e. The highest BCUT2D eigenvalue weighted by Gasteiger charge is 2.04. The lowest BCUT2D eigenvalue weighted by molar-refractivity contribution is 0.163. The van der Waals surface area contributed by atoms with Crippen molar-refractivity contribution in [1.29, 1.82) is 0 Å². The standard InChI is InChI=1S/C10H16BrNOS/c1-8(13)3-4-12(2)6-10-5-9(11)7-14-10/h5,7-8,13H,3-4,6H2,1-2H3. The van der Waals surface area contributed by atoms with Gasteiger partial charge >= 0.3 is 0 Å². The first-order chi connectivity index (χ1) is 6.58. The van der Waals surface area contributed by atoms with E-state index < -0.39 is 0 Å². The summed E-state index contributed by atoms with van der Waals surface area (Å²) in [5.74, 6) is 0. The zero-order valence-electron chi connectivity index (χ0n) is 8.53. The Labute approximate surface area is 97.7 Å². The summed E-state index contributed by atoms with van der Waals surface area (Å²) >= 11 is 5.20. The molecule has 0 aliphatic heterocycles. The molecule has 0 aliphatic carbocycles. The Morgan fingerprint density at radius 2 is 2.36 bits per heavy atom. The van der Waals surface area contributed by atoms with Crippen LogP contribution >= 0.6 is 27.3 Å². The molecule has 1 N–H and O–H groups in total. The topological polar surface area (TPSA) is 23.5 Å². The van der Waals surface area contributed by atoms with Crippen molar-refractivity contribution in [1.82, 2.24) is 4.90 Å². The molecular weight excluding hydrogens is 262 g/mol. The third-order valence-electron chi connectivity index (χ3n) is 1.98. The fraction of sp³-hybridized carbons (Fsp3) is 0.600. The summed E-state index contributed by atoms with van der Waals surface area (Å²) in [6, 6.07) is 2.14. The van der Waals surface area contributed by atoms with Crippen LogP contribution in [0.4, 0.5) is 0 Å². The van der Waals surface area contributed by atoms with Gasteiger partial charge in [-0.3, -0.25) is 0 Å². The molecule has 0 amide bonds. The van der Waals surface area contributed by atoms with Gasteiger partial charge in [0.05, 0.1) is 6.10 Å². The molecule has 1 aromatic rings. The number of hydrogen-bond acceptors (Lipinski definition) is 3. The molecule has 14 heavy (non-hydrogen) atoms. The molecule has 0 aliphatic rings. The molecule has 0 aromatic carbocycles. The number of hydrogen-bond donors (Lipinski definition) is 1. The van der Waals surface area contributed by atoms with E-state index in [2.05, 4.69) is 39.3 Å². The van der Waals surface area contributed by atoms with Crippen LogP contribution in [-0.4, -0.2) is 29.7 Å². The molecule has 2 nitrogen and oxygen atoms in total. The van der Waals surface area contributed by atoms with E-state index in [-0.39, 0.29) is 6.10 Å². The Kier molecular flexibility index (Phi) is 5.09. The minimum absolute atomic E-state index is 0.201. The fourth-order valence-corrected chi connectivity index (χ4v) is 2.72. The third kappa shape index (κ3) is 4.55. The van der Waals surface area contributed by atoms with E-state index >= 15 is 0 Å². The van der Waals surface area contributed by atoms with Crippen molar-refractivity contribution in [3.05, 3.63) is 20.8 Å². The number of thiophene rings is 1. The van der Waals surface area contributed by atoms with Gasteiger partial charge in [-0.15, -0.1) is 11.3 Å². The van der Waals surface area contributed by atoms with Crippen LogP contribution in [0.25, 0.3) is 0 Å². The molecule has 1 aromatic heterocycles. The van der Waals surface area contributed by atoms with E-state index in [4.69, 9.17) is 5.11 Å². The maximum atomic E-state index is 9.14. The second-order valence-electron chi connectivity index (χ2n) is 3.61. The summed E-state index contributed by atoms with van der Waals surface area (Å²) < 4.78 is 1.15. The predicted molar refractivity (Wildman–Crippen MR) is 64.7 cm³/mol. The van der Waals surface area contributed by atoms with Crippen LogP contribution in [0.5, 0.6) is 0 Å². The number of aliphatic hydroxyl groups excluding tert-OH is 1. The number of rotatable bonds is 5. The average molecular weight is 278 g/mol. The van der Waals surface area contributed by atoms with Gasteiger partial charge in [-0.25, -0.2) is 0 Å².